The number of rotatable bonds is 3. The number of nitrogens with zero attached hydrogens (tertiary/aromatic N) is 1. The zero-order chi connectivity index (χ0) is 16.3. The highest BCUT2D eigenvalue weighted by Gasteiger charge is 2.40. The van der Waals surface area contributed by atoms with Crippen molar-refractivity contribution in [2.45, 2.75) is 44.6 Å². The first kappa shape index (κ1) is 16.7. The molecule has 2 N–H and O–H groups in total. The summed E-state index contributed by atoms with van der Waals surface area (Å²) in [5.74, 6) is 0.0715. The van der Waals surface area contributed by atoms with E-state index in [1.807, 2.05) is 25.1 Å². The van der Waals surface area contributed by atoms with Crippen molar-refractivity contribution in [3.63, 3.8) is 0 Å². The summed E-state index contributed by atoms with van der Waals surface area (Å²) < 4.78 is 0. The van der Waals surface area contributed by atoms with Crippen molar-refractivity contribution in [3.05, 3.63) is 28.8 Å². The summed E-state index contributed by atoms with van der Waals surface area (Å²) in [4.78, 5) is 14.9. The summed E-state index contributed by atoms with van der Waals surface area (Å²) >= 11 is 5.98. The van der Waals surface area contributed by atoms with E-state index in [4.69, 9.17) is 11.6 Å². The van der Waals surface area contributed by atoms with E-state index in [9.17, 15) is 4.79 Å². The summed E-state index contributed by atoms with van der Waals surface area (Å²) in [7, 11) is 0. The highest BCUT2D eigenvalue weighted by atomic mass is 35.5. The number of anilines is 1. The molecule has 126 valence electrons. The van der Waals surface area contributed by atoms with Crippen LogP contribution < -0.4 is 10.6 Å². The van der Waals surface area contributed by atoms with E-state index in [1.165, 1.54) is 32.1 Å². The van der Waals surface area contributed by atoms with Gasteiger partial charge in [0.05, 0.1) is 6.54 Å². The van der Waals surface area contributed by atoms with Gasteiger partial charge in [0.1, 0.15) is 0 Å². The van der Waals surface area contributed by atoms with Gasteiger partial charge in [-0.15, -0.1) is 0 Å². The molecule has 1 saturated heterocycles. The molecule has 0 radical (unpaired) electrons. The molecule has 2 aliphatic rings. The lowest BCUT2D eigenvalue weighted by Gasteiger charge is -2.49. The highest BCUT2D eigenvalue weighted by molar-refractivity contribution is 6.30. The first-order valence-electron chi connectivity index (χ1n) is 8.61. The van der Waals surface area contributed by atoms with Gasteiger partial charge in [-0.2, -0.15) is 0 Å². The van der Waals surface area contributed by atoms with Crippen LogP contribution in [-0.2, 0) is 4.79 Å². The van der Waals surface area contributed by atoms with E-state index < -0.39 is 0 Å². The quantitative estimate of drug-likeness (QED) is 0.891. The predicted molar refractivity (Wildman–Crippen MR) is 95.1 cm³/mol. The first-order valence-corrected chi connectivity index (χ1v) is 8.99. The van der Waals surface area contributed by atoms with Crippen LogP contribution in [0.15, 0.2) is 18.2 Å². The number of amides is 1. The average Bonchev–Trinajstić information content (AvgIpc) is 2.53. The molecule has 1 aliphatic carbocycles. The van der Waals surface area contributed by atoms with Crippen LogP contribution in [0.1, 0.15) is 37.7 Å². The summed E-state index contributed by atoms with van der Waals surface area (Å²) in [6, 6.07) is 5.58. The Labute approximate surface area is 143 Å². The molecule has 0 bridgehead atoms. The minimum atomic E-state index is 0.0715. The molecular formula is C18H26ClN3O. The molecule has 1 heterocycles. The SMILES string of the molecule is Cc1cc(Cl)ccc1NC(=O)CN1CCNCC12CCCCC2. The van der Waals surface area contributed by atoms with Gasteiger partial charge in [-0.25, -0.2) is 0 Å². The summed E-state index contributed by atoms with van der Waals surface area (Å²) in [6.07, 6.45) is 6.28. The smallest absolute Gasteiger partial charge is 0.238 e. The second-order valence-corrected chi connectivity index (χ2v) is 7.33. The van der Waals surface area contributed by atoms with Gasteiger partial charge in [0.2, 0.25) is 5.91 Å². The average molecular weight is 336 g/mol. The number of piperazine rings is 1. The van der Waals surface area contributed by atoms with E-state index >= 15 is 0 Å². The van der Waals surface area contributed by atoms with Gasteiger partial charge in [0.25, 0.3) is 0 Å². The maximum atomic E-state index is 12.5. The zero-order valence-electron chi connectivity index (χ0n) is 13.8. The lowest BCUT2D eigenvalue weighted by atomic mass is 9.79. The van der Waals surface area contributed by atoms with Gasteiger partial charge in [-0.05, 0) is 43.5 Å². The van der Waals surface area contributed by atoms with Gasteiger partial charge in [0, 0.05) is 35.9 Å². The van der Waals surface area contributed by atoms with Crippen molar-refractivity contribution in [3.8, 4) is 0 Å². The molecule has 0 aromatic heterocycles. The molecule has 23 heavy (non-hydrogen) atoms. The summed E-state index contributed by atoms with van der Waals surface area (Å²) in [6.45, 7) is 5.38. The Kier molecular flexibility index (Phi) is 5.24. The number of carbonyl (C=O) groups is 1. The molecule has 1 aromatic carbocycles. The molecular weight excluding hydrogens is 310 g/mol. The van der Waals surface area contributed by atoms with E-state index in [0.29, 0.717) is 11.6 Å². The van der Waals surface area contributed by atoms with Gasteiger partial charge in [-0.1, -0.05) is 30.9 Å². The molecule has 1 aliphatic heterocycles. The molecule has 3 rings (SSSR count). The predicted octanol–water partition coefficient (Wildman–Crippen LogP) is 3.20. The molecule has 2 fully saturated rings. The van der Waals surface area contributed by atoms with Crippen molar-refractivity contribution in [1.82, 2.24) is 10.2 Å². The number of benzene rings is 1. The van der Waals surface area contributed by atoms with Crippen molar-refractivity contribution >= 4 is 23.2 Å². The van der Waals surface area contributed by atoms with Crippen LogP contribution in [0.2, 0.25) is 5.02 Å². The zero-order valence-corrected chi connectivity index (χ0v) is 14.6. The van der Waals surface area contributed by atoms with Gasteiger partial charge in [0.15, 0.2) is 0 Å². The second kappa shape index (κ2) is 7.20. The number of aryl methyl sites for hydroxylation is 1. The maximum absolute atomic E-state index is 12.5. The molecule has 1 saturated carbocycles. The Bertz CT molecular complexity index is 561. The number of halogens is 1. The van der Waals surface area contributed by atoms with Crippen LogP contribution in [0, 0.1) is 6.92 Å². The number of nitrogens with one attached hydrogen (secondary N) is 2. The van der Waals surface area contributed by atoms with E-state index in [-0.39, 0.29) is 11.4 Å². The first-order chi connectivity index (χ1) is 11.1. The molecule has 5 heteroatoms. The molecule has 0 atom stereocenters. The van der Waals surface area contributed by atoms with Crippen molar-refractivity contribution in [2.75, 3.05) is 31.5 Å². The number of hydrogen-bond acceptors (Lipinski definition) is 3. The van der Waals surface area contributed by atoms with Crippen molar-refractivity contribution in [2.24, 2.45) is 0 Å². The maximum Gasteiger partial charge on any atom is 0.238 e. The standard InChI is InChI=1S/C18H26ClN3O/c1-14-11-15(19)5-6-16(14)21-17(23)12-22-10-9-20-13-18(22)7-3-2-4-8-18/h5-6,11,20H,2-4,7-10,12-13H2,1H3,(H,21,23). The molecule has 4 nitrogen and oxygen atoms in total. The fourth-order valence-electron chi connectivity index (χ4n) is 3.96. The fourth-order valence-corrected chi connectivity index (χ4v) is 4.19. The Hall–Kier alpha value is -1.10. The fraction of sp³-hybridized carbons (Fsp3) is 0.611. The summed E-state index contributed by atoms with van der Waals surface area (Å²) in [5.41, 5.74) is 2.04. The van der Waals surface area contributed by atoms with E-state index in [0.717, 1.165) is 30.9 Å². The minimum Gasteiger partial charge on any atom is -0.325 e. The molecule has 0 unspecified atom stereocenters. The number of carbonyl (C=O) groups excluding carboxylic acids is 1. The molecule has 1 amide bonds. The number of hydrogen-bond donors (Lipinski definition) is 2. The minimum absolute atomic E-state index is 0.0715. The van der Waals surface area contributed by atoms with Crippen LogP contribution in [0.3, 0.4) is 0 Å². The normalized spacial score (nSPS) is 21.3. The van der Waals surface area contributed by atoms with Gasteiger partial charge < -0.3 is 10.6 Å². The Balaban J connectivity index is 1.65. The monoisotopic (exact) mass is 335 g/mol. The topological polar surface area (TPSA) is 44.4 Å². The Morgan fingerprint density at radius 3 is 2.87 bits per heavy atom. The van der Waals surface area contributed by atoms with E-state index in [1.54, 1.807) is 0 Å². The van der Waals surface area contributed by atoms with Crippen LogP contribution in [-0.4, -0.2) is 42.5 Å². The Morgan fingerprint density at radius 2 is 2.13 bits per heavy atom. The van der Waals surface area contributed by atoms with Crippen molar-refractivity contribution < 1.29 is 4.79 Å². The lowest BCUT2D eigenvalue weighted by Crippen LogP contribution is -2.63. The van der Waals surface area contributed by atoms with Crippen LogP contribution in [0.25, 0.3) is 0 Å². The van der Waals surface area contributed by atoms with Gasteiger partial charge >= 0.3 is 0 Å². The molecule has 1 spiro atoms. The van der Waals surface area contributed by atoms with Crippen molar-refractivity contribution in [1.29, 1.82) is 0 Å². The Morgan fingerprint density at radius 1 is 1.35 bits per heavy atom. The van der Waals surface area contributed by atoms with Crippen LogP contribution >= 0.6 is 11.6 Å². The van der Waals surface area contributed by atoms with E-state index in [2.05, 4.69) is 15.5 Å². The molecule has 1 aromatic rings. The lowest BCUT2D eigenvalue weighted by molar-refractivity contribution is -0.120. The highest BCUT2D eigenvalue weighted by Crippen LogP contribution is 2.34. The third-order valence-corrected chi connectivity index (χ3v) is 5.50. The third kappa shape index (κ3) is 3.87. The second-order valence-electron chi connectivity index (χ2n) is 6.89. The van der Waals surface area contributed by atoms with Gasteiger partial charge in [-0.3, -0.25) is 9.69 Å². The van der Waals surface area contributed by atoms with Crippen LogP contribution in [0.4, 0.5) is 5.69 Å². The van der Waals surface area contributed by atoms with Crippen LogP contribution in [0.5, 0.6) is 0 Å². The summed E-state index contributed by atoms with van der Waals surface area (Å²) in [5, 5.41) is 7.27. The third-order valence-electron chi connectivity index (χ3n) is 5.26. The largest absolute Gasteiger partial charge is 0.325 e.